The fourth-order valence-electron chi connectivity index (χ4n) is 3.46. The van der Waals surface area contributed by atoms with E-state index in [0.717, 1.165) is 48.3 Å². The fraction of sp³-hybridized carbons (Fsp3) is 0.500. The Hall–Kier alpha value is -1.87. The number of nitrogens with zero attached hydrogens (tertiary/aromatic N) is 2. The number of thioether (sulfide) groups is 1. The van der Waals surface area contributed by atoms with Crippen LogP contribution in [0.2, 0.25) is 0 Å². The van der Waals surface area contributed by atoms with E-state index in [-0.39, 0.29) is 17.4 Å². The summed E-state index contributed by atoms with van der Waals surface area (Å²) in [5, 5.41) is 6.26. The van der Waals surface area contributed by atoms with Crippen molar-refractivity contribution in [1.29, 1.82) is 0 Å². The molecule has 0 radical (unpaired) electrons. The SMILES string of the molecule is CCCn1c(SCC(=O)NC(=O)NC2CCCCC2)nc2ccc(Br)cc2c1=O. The van der Waals surface area contributed by atoms with E-state index in [1.165, 1.54) is 6.42 Å². The van der Waals surface area contributed by atoms with Crippen molar-refractivity contribution in [3.63, 3.8) is 0 Å². The van der Waals surface area contributed by atoms with Gasteiger partial charge >= 0.3 is 6.03 Å². The quantitative estimate of drug-likeness (QED) is 0.484. The Morgan fingerprint density at radius 1 is 1.28 bits per heavy atom. The number of nitrogens with one attached hydrogen (secondary N) is 2. The topological polar surface area (TPSA) is 93.1 Å². The van der Waals surface area contributed by atoms with Gasteiger partial charge < -0.3 is 5.32 Å². The van der Waals surface area contributed by atoms with Gasteiger partial charge in [-0.15, -0.1) is 0 Å². The zero-order valence-corrected chi connectivity index (χ0v) is 18.8. The third-order valence-corrected chi connectivity index (χ3v) is 6.32. The predicted octanol–water partition coefficient (Wildman–Crippen LogP) is 3.82. The molecule has 0 bridgehead atoms. The maximum Gasteiger partial charge on any atom is 0.321 e. The normalized spacial score (nSPS) is 14.7. The second-order valence-electron chi connectivity index (χ2n) is 7.16. The predicted molar refractivity (Wildman–Crippen MR) is 118 cm³/mol. The Morgan fingerprint density at radius 3 is 2.76 bits per heavy atom. The Balaban J connectivity index is 1.66. The van der Waals surface area contributed by atoms with E-state index in [4.69, 9.17) is 0 Å². The van der Waals surface area contributed by atoms with Gasteiger partial charge in [0.2, 0.25) is 5.91 Å². The van der Waals surface area contributed by atoms with Crippen LogP contribution < -0.4 is 16.2 Å². The molecule has 156 valence electrons. The molecule has 1 aromatic carbocycles. The Bertz CT molecular complexity index is 957. The number of aromatic nitrogens is 2. The number of rotatable bonds is 6. The molecule has 29 heavy (non-hydrogen) atoms. The largest absolute Gasteiger partial charge is 0.335 e. The Kier molecular flexibility index (Phi) is 7.71. The molecular formula is C20H25BrN4O3S. The van der Waals surface area contributed by atoms with Crippen molar-refractivity contribution < 1.29 is 9.59 Å². The first kappa shape index (κ1) is 21.8. The smallest absolute Gasteiger partial charge is 0.321 e. The van der Waals surface area contributed by atoms with Gasteiger partial charge in [0.1, 0.15) is 0 Å². The molecule has 0 saturated heterocycles. The average Bonchev–Trinajstić information content (AvgIpc) is 2.70. The van der Waals surface area contributed by atoms with E-state index < -0.39 is 11.9 Å². The van der Waals surface area contributed by atoms with E-state index in [9.17, 15) is 14.4 Å². The second-order valence-corrected chi connectivity index (χ2v) is 9.02. The van der Waals surface area contributed by atoms with Gasteiger partial charge in [-0.1, -0.05) is 53.9 Å². The summed E-state index contributed by atoms with van der Waals surface area (Å²) in [7, 11) is 0. The molecule has 1 fully saturated rings. The molecule has 1 saturated carbocycles. The fourth-order valence-corrected chi connectivity index (χ4v) is 4.65. The van der Waals surface area contributed by atoms with Crippen LogP contribution in [-0.2, 0) is 11.3 Å². The summed E-state index contributed by atoms with van der Waals surface area (Å²) in [6.07, 6.45) is 6.09. The van der Waals surface area contributed by atoms with Crippen LogP contribution in [-0.4, -0.2) is 33.3 Å². The minimum Gasteiger partial charge on any atom is -0.335 e. The molecule has 2 aromatic rings. The van der Waals surface area contributed by atoms with Crippen molar-refractivity contribution in [2.75, 3.05) is 5.75 Å². The number of fused-ring (bicyclic) bond motifs is 1. The highest BCUT2D eigenvalue weighted by Crippen LogP contribution is 2.21. The summed E-state index contributed by atoms with van der Waals surface area (Å²) in [6.45, 7) is 2.49. The molecule has 0 aliphatic heterocycles. The highest BCUT2D eigenvalue weighted by molar-refractivity contribution is 9.10. The van der Waals surface area contributed by atoms with Gasteiger partial charge in [0, 0.05) is 17.1 Å². The summed E-state index contributed by atoms with van der Waals surface area (Å²) in [5.74, 6) is -0.396. The van der Waals surface area contributed by atoms with Crippen molar-refractivity contribution in [1.82, 2.24) is 20.2 Å². The number of imide groups is 1. The third kappa shape index (κ3) is 5.82. The number of halogens is 1. The van der Waals surface area contributed by atoms with E-state index in [1.807, 2.05) is 13.0 Å². The highest BCUT2D eigenvalue weighted by Gasteiger charge is 2.18. The molecular weight excluding hydrogens is 456 g/mol. The van der Waals surface area contributed by atoms with Crippen molar-refractivity contribution in [3.05, 3.63) is 33.0 Å². The number of amides is 3. The maximum atomic E-state index is 12.9. The lowest BCUT2D eigenvalue weighted by molar-refractivity contribution is -0.117. The van der Waals surface area contributed by atoms with Crippen LogP contribution in [0.1, 0.15) is 45.4 Å². The first-order chi connectivity index (χ1) is 14.0. The van der Waals surface area contributed by atoms with E-state index in [0.29, 0.717) is 22.6 Å². The van der Waals surface area contributed by atoms with E-state index in [1.54, 1.807) is 16.7 Å². The first-order valence-corrected chi connectivity index (χ1v) is 11.7. The summed E-state index contributed by atoms with van der Waals surface area (Å²) >= 11 is 4.55. The highest BCUT2D eigenvalue weighted by atomic mass is 79.9. The van der Waals surface area contributed by atoms with Crippen LogP contribution in [0.15, 0.2) is 32.6 Å². The van der Waals surface area contributed by atoms with Gasteiger partial charge in [-0.25, -0.2) is 9.78 Å². The monoisotopic (exact) mass is 480 g/mol. The van der Waals surface area contributed by atoms with Gasteiger partial charge in [0.15, 0.2) is 5.16 Å². The number of hydrogen-bond donors (Lipinski definition) is 2. The zero-order valence-electron chi connectivity index (χ0n) is 16.4. The first-order valence-electron chi connectivity index (χ1n) is 9.91. The summed E-state index contributed by atoms with van der Waals surface area (Å²) < 4.78 is 2.41. The minimum absolute atomic E-state index is 0.0102. The summed E-state index contributed by atoms with van der Waals surface area (Å²) in [4.78, 5) is 41.7. The summed E-state index contributed by atoms with van der Waals surface area (Å²) in [6, 6.07) is 5.05. The van der Waals surface area contributed by atoms with Gasteiger partial charge in [0.05, 0.1) is 16.7 Å². The average molecular weight is 481 g/mol. The van der Waals surface area contributed by atoms with Gasteiger partial charge in [-0.05, 0) is 37.5 Å². The standard InChI is InChI=1S/C20H25BrN4O3S/c1-2-10-25-18(27)15-11-13(21)8-9-16(15)23-20(25)29-12-17(26)24-19(28)22-14-6-4-3-5-7-14/h8-9,11,14H,2-7,10,12H2,1H3,(H2,22,24,26,28). The molecule has 0 atom stereocenters. The molecule has 2 N–H and O–H groups in total. The van der Waals surface area contributed by atoms with Crippen LogP contribution in [0.25, 0.3) is 10.9 Å². The number of urea groups is 1. The number of carbonyl (C=O) groups excluding carboxylic acids is 2. The van der Waals surface area contributed by atoms with Crippen LogP contribution in [0.3, 0.4) is 0 Å². The molecule has 1 heterocycles. The molecule has 3 amide bonds. The Morgan fingerprint density at radius 2 is 2.03 bits per heavy atom. The minimum atomic E-state index is -0.454. The molecule has 1 aromatic heterocycles. The van der Waals surface area contributed by atoms with Gasteiger partial charge in [-0.3, -0.25) is 19.5 Å². The molecule has 0 spiro atoms. The van der Waals surface area contributed by atoms with Gasteiger partial charge in [0.25, 0.3) is 5.56 Å². The maximum absolute atomic E-state index is 12.9. The Labute approximate surface area is 182 Å². The number of benzene rings is 1. The van der Waals surface area contributed by atoms with E-state index in [2.05, 4.69) is 31.5 Å². The molecule has 1 aliphatic rings. The second kappa shape index (κ2) is 10.2. The van der Waals surface area contributed by atoms with Crippen LogP contribution >= 0.6 is 27.7 Å². The molecule has 1 aliphatic carbocycles. The lowest BCUT2D eigenvalue weighted by Gasteiger charge is -2.22. The van der Waals surface area contributed by atoms with Crippen LogP contribution in [0, 0.1) is 0 Å². The van der Waals surface area contributed by atoms with Crippen LogP contribution in [0.4, 0.5) is 4.79 Å². The molecule has 0 unspecified atom stereocenters. The van der Waals surface area contributed by atoms with Crippen molar-refractivity contribution >= 4 is 50.5 Å². The number of hydrogen-bond acceptors (Lipinski definition) is 5. The van der Waals surface area contributed by atoms with E-state index >= 15 is 0 Å². The van der Waals surface area contributed by atoms with Crippen molar-refractivity contribution in [2.45, 2.75) is 63.2 Å². The van der Waals surface area contributed by atoms with Crippen molar-refractivity contribution in [3.8, 4) is 0 Å². The third-order valence-electron chi connectivity index (χ3n) is 4.85. The van der Waals surface area contributed by atoms with Crippen LogP contribution in [0.5, 0.6) is 0 Å². The van der Waals surface area contributed by atoms with Gasteiger partial charge in [-0.2, -0.15) is 0 Å². The summed E-state index contributed by atoms with van der Waals surface area (Å²) in [5.41, 5.74) is 0.458. The lowest BCUT2D eigenvalue weighted by atomic mass is 9.96. The zero-order chi connectivity index (χ0) is 20.8. The number of carbonyl (C=O) groups is 2. The van der Waals surface area contributed by atoms with Crippen molar-refractivity contribution in [2.24, 2.45) is 0 Å². The molecule has 9 heteroatoms. The molecule has 3 rings (SSSR count). The molecule has 7 nitrogen and oxygen atoms in total. The lowest BCUT2D eigenvalue weighted by Crippen LogP contribution is -2.45.